The zero-order valence-corrected chi connectivity index (χ0v) is 5.35. The van der Waals surface area contributed by atoms with E-state index in [2.05, 4.69) is 6.58 Å². The van der Waals surface area contributed by atoms with Crippen LogP contribution in [-0.4, -0.2) is 13.3 Å². The Kier molecular flexibility index (Phi) is 6.58. The molecule has 0 aromatic rings. The molecule has 0 heterocycles. The lowest BCUT2D eigenvalue weighted by Gasteiger charge is -1.93. The molecule has 0 aliphatic rings. The topological polar surface area (TPSA) is 9.23 Å². The Morgan fingerprint density at radius 2 is 2.33 bits per heavy atom. The lowest BCUT2D eigenvalue weighted by Crippen LogP contribution is -1.87. The van der Waals surface area contributed by atoms with Crippen LogP contribution in [0.2, 0.25) is 0 Å². The number of halogens is 1. The molecule has 0 spiro atoms. The molecule has 0 fully saturated rings. The van der Waals surface area contributed by atoms with Gasteiger partial charge in [0.05, 0.1) is 19.5 Å². The predicted molar refractivity (Wildman–Crippen MR) is 35.9 cm³/mol. The minimum Gasteiger partial charge on any atom is -0.501 e. The summed E-state index contributed by atoms with van der Waals surface area (Å²) in [7, 11) is 0. The number of allylic oxidation sites excluding steroid dienone is 2. The van der Waals surface area contributed by atoms with E-state index in [0.717, 1.165) is 0 Å². The molecular weight excluding hydrogens is 119 g/mol. The van der Waals surface area contributed by atoms with Gasteiger partial charge in [0.2, 0.25) is 0 Å². The van der Waals surface area contributed by atoms with E-state index in [0.29, 0.717) is 13.0 Å². The molecule has 0 saturated carbocycles. The number of alkyl halides is 1. The summed E-state index contributed by atoms with van der Waals surface area (Å²) in [4.78, 5) is 0. The lowest BCUT2D eigenvalue weighted by atomic mass is 10.5. The van der Waals surface area contributed by atoms with Crippen LogP contribution in [0.1, 0.15) is 6.42 Å². The van der Waals surface area contributed by atoms with Crippen molar-refractivity contribution in [2.45, 2.75) is 6.42 Å². The number of rotatable bonds is 5. The van der Waals surface area contributed by atoms with E-state index in [1.165, 1.54) is 6.26 Å². The van der Waals surface area contributed by atoms with Gasteiger partial charge in [-0.05, 0) is 6.08 Å². The van der Waals surface area contributed by atoms with Crippen molar-refractivity contribution in [3.8, 4) is 0 Å². The van der Waals surface area contributed by atoms with Crippen molar-refractivity contribution in [3.05, 3.63) is 25.0 Å². The van der Waals surface area contributed by atoms with Crippen molar-refractivity contribution >= 4 is 0 Å². The summed E-state index contributed by atoms with van der Waals surface area (Å²) in [5, 5.41) is 0. The molecule has 0 rings (SSSR count). The van der Waals surface area contributed by atoms with E-state index in [1.807, 2.05) is 0 Å². The standard InChI is InChI=1S/C7H11FO/c1-2-3-6-9-7-4-5-8/h2-3,6H,1,4-5,7H2/b6-3+. The van der Waals surface area contributed by atoms with Crippen molar-refractivity contribution in [2.75, 3.05) is 13.3 Å². The normalized spacial score (nSPS) is 9.89. The molecule has 0 aliphatic carbocycles. The molecule has 0 radical (unpaired) electrons. The fourth-order valence-corrected chi connectivity index (χ4v) is 0.317. The Morgan fingerprint density at radius 1 is 1.56 bits per heavy atom. The van der Waals surface area contributed by atoms with Crippen LogP contribution in [0.15, 0.2) is 25.0 Å². The van der Waals surface area contributed by atoms with Crippen molar-refractivity contribution in [1.29, 1.82) is 0 Å². The number of hydrogen-bond acceptors (Lipinski definition) is 1. The smallest absolute Gasteiger partial charge is 0.0926 e. The second kappa shape index (κ2) is 7.21. The van der Waals surface area contributed by atoms with Crippen LogP contribution < -0.4 is 0 Å². The largest absolute Gasteiger partial charge is 0.501 e. The highest BCUT2D eigenvalue weighted by molar-refractivity contribution is 4.92. The molecular formula is C7H11FO. The quantitative estimate of drug-likeness (QED) is 0.314. The average Bonchev–Trinajstić information content (AvgIpc) is 1.89. The van der Waals surface area contributed by atoms with E-state index in [1.54, 1.807) is 12.2 Å². The molecule has 52 valence electrons. The van der Waals surface area contributed by atoms with Crippen LogP contribution in [0.4, 0.5) is 4.39 Å². The van der Waals surface area contributed by atoms with Gasteiger partial charge in [-0.15, -0.1) is 0 Å². The van der Waals surface area contributed by atoms with Gasteiger partial charge < -0.3 is 4.74 Å². The van der Waals surface area contributed by atoms with Crippen LogP contribution in [0.25, 0.3) is 0 Å². The maximum Gasteiger partial charge on any atom is 0.0926 e. The maximum absolute atomic E-state index is 11.4. The number of ether oxygens (including phenoxy) is 1. The summed E-state index contributed by atoms with van der Waals surface area (Å²) in [5.41, 5.74) is 0. The van der Waals surface area contributed by atoms with E-state index in [4.69, 9.17) is 4.74 Å². The Morgan fingerprint density at radius 3 is 2.89 bits per heavy atom. The predicted octanol–water partition coefficient (Wildman–Crippen LogP) is 2.06. The number of hydrogen-bond donors (Lipinski definition) is 0. The first kappa shape index (κ1) is 8.21. The van der Waals surface area contributed by atoms with Gasteiger partial charge in [-0.2, -0.15) is 0 Å². The van der Waals surface area contributed by atoms with Gasteiger partial charge in [-0.1, -0.05) is 12.7 Å². The zero-order valence-electron chi connectivity index (χ0n) is 5.35. The fourth-order valence-electron chi connectivity index (χ4n) is 0.317. The molecule has 0 aromatic heterocycles. The van der Waals surface area contributed by atoms with Crippen molar-refractivity contribution in [3.63, 3.8) is 0 Å². The summed E-state index contributed by atoms with van der Waals surface area (Å²) in [6.07, 6.45) is 5.23. The van der Waals surface area contributed by atoms with Crippen LogP contribution in [0, 0.1) is 0 Å². The Hall–Kier alpha value is -0.790. The molecule has 0 amide bonds. The van der Waals surface area contributed by atoms with E-state index in [9.17, 15) is 4.39 Å². The third-order valence-electron chi connectivity index (χ3n) is 0.707. The third kappa shape index (κ3) is 7.21. The molecule has 0 atom stereocenters. The molecule has 0 saturated heterocycles. The van der Waals surface area contributed by atoms with Gasteiger partial charge in [0, 0.05) is 6.42 Å². The first-order valence-electron chi connectivity index (χ1n) is 2.87. The van der Waals surface area contributed by atoms with Gasteiger partial charge in [-0.25, -0.2) is 0 Å². The van der Waals surface area contributed by atoms with Gasteiger partial charge in [0.15, 0.2) is 0 Å². The van der Waals surface area contributed by atoms with E-state index >= 15 is 0 Å². The van der Waals surface area contributed by atoms with E-state index in [-0.39, 0.29) is 6.67 Å². The Bertz CT molecular complexity index is 88.9. The summed E-state index contributed by atoms with van der Waals surface area (Å²) >= 11 is 0. The molecule has 0 N–H and O–H groups in total. The first-order chi connectivity index (χ1) is 4.41. The van der Waals surface area contributed by atoms with Crippen molar-refractivity contribution in [1.82, 2.24) is 0 Å². The van der Waals surface area contributed by atoms with Gasteiger partial charge in [-0.3, -0.25) is 4.39 Å². The molecule has 2 heteroatoms. The molecule has 0 aromatic carbocycles. The Balaban J connectivity index is 2.90. The van der Waals surface area contributed by atoms with Crippen LogP contribution in [0.5, 0.6) is 0 Å². The Labute approximate surface area is 54.8 Å². The minimum absolute atomic E-state index is 0.318. The van der Waals surface area contributed by atoms with Gasteiger partial charge in [0.1, 0.15) is 0 Å². The summed E-state index contributed by atoms with van der Waals surface area (Å²) in [6, 6.07) is 0. The van der Waals surface area contributed by atoms with Gasteiger partial charge >= 0.3 is 0 Å². The lowest BCUT2D eigenvalue weighted by molar-refractivity contribution is 0.232. The van der Waals surface area contributed by atoms with Crippen LogP contribution in [0.3, 0.4) is 0 Å². The summed E-state index contributed by atoms with van der Waals surface area (Å²) in [6.45, 7) is 3.57. The average molecular weight is 130 g/mol. The van der Waals surface area contributed by atoms with Gasteiger partial charge in [0.25, 0.3) is 0 Å². The minimum atomic E-state index is -0.318. The zero-order chi connectivity index (χ0) is 6.95. The van der Waals surface area contributed by atoms with Crippen molar-refractivity contribution in [2.24, 2.45) is 0 Å². The first-order valence-corrected chi connectivity index (χ1v) is 2.87. The highest BCUT2D eigenvalue weighted by Gasteiger charge is 1.80. The monoisotopic (exact) mass is 130 g/mol. The van der Waals surface area contributed by atoms with Crippen LogP contribution in [-0.2, 0) is 4.74 Å². The molecule has 9 heavy (non-hydrogen) atoms. The third-order valence-corrected chi connectivity index (χ3v) is 0.707. The second-order valence-corrected chi connectivity index (χ2v) is 1.48. The van der Waals surface area contributed by atoms with Crippen molar-refractivity contribution < 1.29 is 9.13 Å². The SMILES string of the molecule is C=C/C=C/OCCCF. The highest BCUT2D eigenvalue weighted by Crippen LogP contribution is 1.84. The fraction of sp³-hybridized carbons (Fsp3) is 0.429. The molecule has 0 bridgehead atoms. The molecule has 0 unspecified atom stereocenters. The maximum atomic E-state index is 11.4. The summed E-state index contributed by atoms with van der Waals surface area (Å²) < 4.78 is 16.2. The highest BCUT2D eigenvalue weighted by atomic mass is 19.1. The van der Waals surface area contributed by atoms with E-state index < -0.39 is 0 Å². The molecule has 0 aliphatic heterocycles. The second-order valence-electron chi connectivity index (χ2n) is 1.48. The molecule has 1 nitrogen and oxygen atoms in total. The summed E-state index contributed by atoms with van der Waals surface area (Å²) in [5.74, 6) is 0. The van der Waals surface area contributed by atoms with Crippen LogP contribution >= 0.6 is 0 Å².